The SMILES string of the molecule is CC(C)(C)c1cc2ccc3c(-c4ccccc4)cc(-c4ccc5cc(-c6ccc7c(c6)C6CC6C=C7)ccc5c4)c4ccc(c1)c2c34. The zero-order chi connectivity index (χ0) is 31.4. The molecule has 2 atom stereocenters. The van der Waals surface area contributed by atoms with Gasteiger partial charge in [0.25, 0.3) is 0 Å². The second-order valence-corrected chi connectivity index (χ2v) is 15.0. The van der Waals surface area contributed by atoms with E-state index in [2.05, 4.69) is 160 Å². The van der Waals surface area contributed by atoms with Crippen LogP contribution in [0.5, 0.6) is 0 Å². The van der Waals surface area contributed by atoms with Crippen LogP contribution in [0.3, 0.4) is 0 Å². The molecule has 0 nitrogen and oxygen atoms in total. The molecular weight excluding hydrogens is 565 g/mol. The van der Waals surface area contributed by atoms with E-state index < -0.39 is 0 Å². The van der Waals surface area contributed by atoms with Crippen molar-refractivity contribution < 1.29 is 0 Å². The second-order valence-electron chi connectivity index (χ2n) is 15.0. The molecule has 2 unspecified atom stereocenters. The highest BCUT2D eigenvalue weighted by atomic mass is 14.4. The minimum atomic E-state index is 0.0906. The average molecular weight is 601 g/mol. The maximum absolute atomic E-state index is 2.44. The summed E-state index contributed by atoms with van der Waals surface area (Å²) >= 11 is 0. The minimum absolute atomic E-state index is 0.0906. The van der Waals surface area contributed by atoms with Crippen LogP contribution in [0.2, 0.25) is 0 Å². The predicted octanol–water partition coefficient (Wildman–Crippen LogP) is 13.2. The predicted molar refractivity (Wildman–Crippen MR) is 203 cm³/mol. The lowest BCUT2D eigenvalue weighted by atomic mass is 9.81. The highest BCUT2D eigenvalue weighted by molar-refractivity contribution is 6.28. The highest BCUT2D eigenvalue weighted by Crippen LogP contribution is 2.53. The Labute approximate surface area is 276 Å². The number of allylic oxidation sites excluding steroid dienone is 1. The number of fused-ring (bicyclic) bond motifs is 4. The maximum Gasteiger partial charge on any atom is -0.00143 e. The first kappa shape index (κ1) is 27.0. The molecule has 8 aromatic carbocycles. The molecule has 0 aliphatic heterocycles. The van der Waals surface area contributed by atoms with Crippen LogP contribution in [0.25, 0.3) is 82.5 Å². The Kier molecular flexibility index (Phi) is 5.54. The summed E-state index contributed by atoms with van der Waals surface area (Å²) in [6, 6.07) is 48.6. The van der Waals surface area contributed by atoms with Crippen LogP contribution in [0.1, 0.15) is 49.8 Å². The fraction of sp³-hybridized carbons (Fsp3) is 0.149. The van der Waals surface area contributed by atoms with Gasteiger partial charge in [0, 0.05) is 0 Å². The van der Waals surface area contributed by atoms with Crippen LogP contribution in [-0.4, -0.2) is 0 Å². The standard InChI is InChI=1S/C47H36/c1-47(2,3)38-23-36-17-19-39-43(28-7-5-4-6-8-28)27-44(40-20-18-37(24-38)45(36)46(39)40)34-16-14-30-21-31(12-13-32(30)22-34)33-11-9-29-10-15-35-26-42(35)41(29)25-33/h4-25,27,35,42H,26H2,1-3H3. The topological polar surface area (TPSA) is 0 Å². The van der Waals surface area contributed by atoms with Crippen molar-refractivity contribution in [3.05, 3.63) is 150 Å². The smallest absolute Gasteiger partial charge is 0.00143 e. The van der Waals surface area contributed by atoms with Crippen LogP contribution in [-0.2, 0) is 5.41 Å². The third kappa shape index (κ3) is 4.21. The van der Waals surface area contributed by atoms with Gasteiger partial charge in [0.15, 0.2) is 0 Å². The Morgan fingerprint density at radius 2 is 1.13 bits per heavy atom. The van der Waals surface area contributed by atoms with Crippen molar-refractivity contribution in [3.8, 4) is 33.4 Å². The molecule has 0 saturated heterocycles. The largest absolute Gasteiger partial charge is 0.0802 e. The molecular formula is C47H36. The Morgan fingerprint density at radius 3 is 1.85 bits per heavy atom. The molecule has 0 aromatic heterocycles. The van der Waals surface area contributed by atoms with Crippen LogP contribution in [0.4, 0.5) is 0 Å². The molecule has 2 aliphatic rings. The van der Waals surface area contributed by atoms with Crippen molar-refractivity contribution in [1.29, 1.82) is 0 Å². The number of hydrogen-bond donors (Lipinski definition) is 0. The molecule has 2 aliphatic carbocycles. The fourth-order valence-electron chi connectivity index (χ4n) is 8.28. The molecule has 0 amide bonds. The maximum atomic E-state index is 2.44. The van der Waals surface area contributed by atoms with E-state index in [4.69, 9.17) is 0 Å². The zero-order valence-electron chi connectivity index (χ0n) is 27.1. The molecule has 8 aromatic rings. The molecule has 1 saturated carbocycles. The van der Waals surface area contributed by atoms with Gasteiger partial charge in [-0.15, -0.1) is 0 Å². The molecule has 0 spiro atoms. The van der Waals surface area contributed by atoms with Gasteiger partial charge in [0.2, 0.25) is 0 Å². The summed E-state index contributed by atoms with van der Waals surface area (Å²) in [5.74, 6) is 1.49. The summed E-state index contributed by atoms with van der Waals surface area (Å²) in [7, 11) is 0. The van der Waals surface area contributed by atoms with Gasteiger partial charge in [0.1, 0.15) is 0 Å². The Balaban J connectivity index is 1.16. The lowest BCUT2D eigenvalue weighted by Crippen LogP contribution is -2.10. The summed E-state index contributed by atoms with van der Waals surface area (Å²) in [4.78, 5) is 0. The van der Waals surface area contributed by atoms with Crippen LogP contribution in [0.15, 0.2) is 133 Å². The highest BCUT2D eigenvalue weighted by Gasteiger charge is 2.39. The van der Waals surface area contributed by atoms with Crippen molar-refractivity contribution in [3.63, 3.8) is 0 Å². The fourth-order valence-corrected chi connectivity index (χ4v) is 8.28. The van der Waals surface area contributed by atoms with Gasteiger partial charge in [0.05, 0.1) is 0 Å². The third-order valence-electron chi connectivity index (χ3n) is 11.0. The summed E-state index contributed by atoms with van der Waals surface area (Å²) < 4.78 is 0. The molecule has 0 N–H and O–H groups in total. The normalized spacial score (nSPS) is 17.1. The Hall–Kier alpha value is -5.20. The number of rotatable bonds is 3. The molecule has 47 heavy (non-hydrogen) atoms. The van der Waals surface area contributed by atoms with Crippen molar-refractivity contribution in [2.45, 2.75) is 38.5 Å². The van der Waals surface area contributed by atoms with Crippen LogP contribution >= 0.6 is 0 Å². The van der Waals surface area contributed by atoms with Crippen LogP contribution < -0.4 is 0 Å². The van der Waals surface area contributed by atoms with Gasteiger partial charge in [-0.1, -0.05) is 142 Å². The van der Waals surface area contributed by atoms with E-state index in [1.165, 1.54) is 99.6 Å². The first-order valence-electron chi connectivity index (χ1n) is 17.1. The van der Waals surface area contributed by atoms with Crippen molar-refractivity contribution in [2.75, 3.05) is 0 Å². The van der Waals surface area contributed by atoms with Crippen molar-refractivity contribution >= 4 is 49.2 Å². The minimum Gasteiger partial charge on any atom is -0.0802 e. The summed E-state index contributed by atoms with van der Waals surface area (Å²) in [6.45, 7) is 6.92. The molecule has 0 bridgehead atoms. The van der Waals surface area contributed by atoms with Crippen LogP contribution in [0, 0.1) is 5.92 Å². The van der Waals surface area contributed by atoms with Crippen molar-refractivity contribution in [1.82, 2.24) is 0 Å². The Morgan fingerprint density at radius 1 is 0.511 bits per heavy atom. The monoisotopic (exact) mass is 600 g/mol. The summed E-state index contributed by atoms with van der Waals surface area (Å²) in [5, 5.41) is 10.6. The van der Waals surface area contributed by atoms with Gasteiger partial charge in [-0.3, -0.25) is 0 Å². The molecule has 1 fully saturated rings. The van der Waals surface area contributed by atoms with E-state index in [1.807, 2.05) is 0 Å². The van der Waals surface area contributed by atoms with Crippen molar-refractivity contribution in [2.24, 2.45) is 5.92 Å². The van der Waals surface area contributed by atoms with Gasteiger partial charge in [-0.05, 0) is 135 Å². The third-order valence-corrected chi connectivity index (χ3v) is 11.0. The van der Waals surface area contributed by atoms with E-state index in [-0.39, 0.29) is 5.41 Å². The van der Waals surface area contributed by atoms with Gasteiger partial charge >= 0.3 is 0 Å². The average Bonchev–Trinajstić information content (AvgIpc) is 3.90. The summed E-state index contributed by atoms with van der Waals surface area (Å²) in [6.07, 6.45) is 6.02. The van der Waals surface area contributed by atoms with E-state index in [0.29, 0.717) is 0 Å². The molecule has 0 heterocycles. The summed E-state index contributed by atoms with van der Waals surface area (Å²) in [5.41, 5.74) is 12.1. The quantitative estimate of drug-likeness (QED) is 0.177. The molecule has 10 rings (SSSR count). The lowest BCUT2D eigenvalue weighted by Gasteiger charge is -2.23. The van der Waals surface area contributed by atoms with E-state index >= 15 is 0 Å². The molecule has 0 radical (unpaired) electrons. The molecule has 0 heteroatoms. The van der Waals surface area contributed by atoms with Gasteiger partial charge < -0.3 is 0 Å². The first-order valence-corrected chi connectivity index (χ1v) is 17.1. The number of hydrogen-bond acceptors (Lipinski definition) is 0. The number of benzene rings is 8. The second kappa shape index (κ2) is 9.66. The first-order chi connectivity index (χ1) is 22.9. The van der Waals surface area contributed by atoms with E-state index in [1.54, 1.807) is 0 Å². The molecule has 224 valence electrons. The van der Waals surface area contributed by atoms with Gasteiger partial charge in [-0.25, -0.2) is 0 Å². The van der Waals surface area contributed by atoms with E-state index in [0.717, 1.165) is 11.8 Å². The lowest BCUT2D eigenvalue weighted by molar-refractivity contribution is 0.591. The zero-order valence-corrected chi connectivity index (χ0v) is 27.1. The Bertz CT molecular complexity index is 2560. The van der Waals surface area contributed by atoms with E-state index in [9.17, 15) is 0 Å². The van der Waals surface area contributed by atoms with Gasteiger partial charge in [-0.2, -0.15) is 0 Å².